The number of halogens is 2. The monoisotopic (exact) mass is 452 g/mol. The van der Waals surface area contributed by atoms with Crippen LogP contribution in [0.2, 0.25) is 10.0 Å². The number of para-hydroxylation sites is 1. The van der Waals surface area contributed by atoms with Gasteiger partial charge >= 0.3 is 0 Å². The molecule has 2 atom stereocenters. The Bertz CT molecular complexity index is 889. The first-order valence-corrected chi connectivity index (χ1v) is 10.3. The van der Waals surface area contributed by atoms with E-state index in [-0.39, 0.29) is 24.5 Å². The minimum Gasteiger partial charge on any atom is -0.483 e. The lowest BCUT2D eigenvalue weighted by Crippen LogP contribution is -2.38. The second kappa shape index (κ2) is 11.1. The van der Waals surface area contributed by atoms with Gasteiger partial charge in [0, 0.05) is 24.7 Å². The summed E-state index contributed by atoms with van der Waals surface area (Å²) in [5.41, 5.74) is 0.789. The van der Waals surface area contributed by atoms with E-state index in [1.54, 1.807) is 45.3 Å². The van der Waals surface area contributed by atoms with Crippen LogP contribution in [0, 0.1) is 0 Å². The van der Waals surface area contributed by atoms with Crippen LogP contribution in [-0.2, 0) is 9.59 Å². The van der Waals surface area contributed by atoms with Crippen molar-refractivity contribution in [3.05, 3.63) is 58.1 Å². The number of nitrogens with zero attached hydrogens (tertiary/aromatic N) is 1. The van der Waals surface area contributed by atoms with E-state index in [9.17, 15) is 9.59 Å². The molecule has 0 radical (unpaired) electrons. The zero-order valence-corrected chi connectivity index (χ0v) is 19.0. The van der Waals surface area contributed by atoms with Crippen LogP contribution < -0.4 is 14.8 Å². The van der Waals surface area contributed by atoms with Crippen molar-refractivity contribution < 1.29 is 19.1 Å². The van der Waals surface area contributed by atoms with Gasteiger partial charge < -0.3 is 19.7 Å². The first-order chi connectivity index (χ1) is 14.2. The molecular weight excluding hydrogens is 427 g/mol. The van der Waals surface area contributed by atoms with Gasteiger partial charge in [0.15, 0.2) is 12.7 Å². The van der Waals surface area contributed by atoms with Gasteiger partial charge in [-0.3, -0.25) is 9.59 Å². The smallest absolute Gasteiger partial charge is 0.261 e. The van der Waals surface area contributed by atoms with Gasteiger partial charge in [-0.1, -0.05) is 48.3 Å². The van der Waals surface area contributed by atoms with E-state index in [1.807, 2.05) is 25.1 Å². The van der Waals surface area contributed by atoms with Crippen LogP contribution >= 0.6 is 23.2 Å². The Labute approximate surface area is 187 Å². The van der Waals surface area contributed by atoms with Crippen molar-refractivity contribution in [1.29, 1.82) is 0 Å². The molecule has 8 heteroatoms. The second-order valence-electron chi connectivity index (χ2n) is 6.92. The summed E-state index contributed by atoms with van der Waals surface area (Å²) in [4.78, 5) is 26.0. The molecule has 2 rings (SSSR count). The van der Waals surface area contributed by atoms with Crippen molar-refractivity contribution in [2.45, 2.75) is 32.4 Å². The van der Waals surface area contributed by atoms with Gasteiger partial charge in [0.1, 0.15) is 11.5 Å². The summed E-state index contributed by atoms with van der Waals surface area (Å²) in [7, 11) is 3.34. The number of nitrogens with one attached hydrogen (secondary N) is 1. The summed E-state index contributed by atoms with van der Waals surface area (Å²) >= 11 is 12.0. The Morgan fingerprint density at radius 2 is 1.80 bits per heavy atom. The van der Waals surface area contributed by atoms with Crippen LogP contribution in [0.4, 0.5) is 0 Å². The molecule has 30 heavy (non-hydrogen) atoms. The maximum atomic E-state index is 12.7. The molecule has 0 aliphatic carbocycles. The van der Waals surface area contributed by atoms with Gasteiger partial charge in [-0.05, 0) is 37.6 Å². The van der Waals surface area contributed by atoms with Crippen LogP contribution in [0.1, 0.15) is 31.9 Å². The van der Waals surface area contributed by atoms with E-state index in [1.165, 1.54) is 4.90 Å². The molecule has 6 nitrogen and oxygen atoms in total. The standard InChI is InChI=1S/C22H26Cl2N2O4/c1-5-18(16-8-6-7-9-19(16)29-13-21(27)26(3)4)25-22(28)14(2)30-20-11-10-15(23)12-17(20)24/h6-12,14,18H,5,13H2,1-4H3,(H,25,28). The Kier molecular flexibility index (Phi) is 8.81. The SMILES string of the molecule is CCC(NC(=O)C(C)Oc1ccc(Cl)cc1Cl)c1ccccc1OCC(=O)N(C)C. The Hall–Kier alpha value is -2.44. The third-order valence-electron chi connectivity index (χ3n) is 4.44. The number of ether oxygens (including phenoxy) is 2. The van der Waals surface area contributed by atoms with Crippen LogP contribution in [0.15, 0.2) is 42.5 Å². The normalized spacial score (nSPS) is 12.6. The summed E-state index contributed by atoms with van der Waals surface area (Å²) in [5, 5.41) is 3.79. The molecule has 0 aliphatic heterocycles. The van der Waals surface area contributed by atoms with E-state index in [4.69, 9.17) is 32.7 Å². The fraction of sp³-hybridized carbons (Fsp3) is 0.364. The zero-order valence-electron chi connectivity index (χ0n) is 17.4. The summed E-state index contributed by atoms with van der Waals surface area (Å²) in [6.45, 7) is 3.52. The average molecular weight is 453 g/mol. The van der Waals surface area contributed by atoms with Crippen molar-refractivity contribution in [2.75, 3.05) is 20.7 Å². The maximum absolute atomic E-state index is 12.7. The fourth-order valence-corrected chi connectivity index (χ4v) is 3.13. The van der Waals surface area contributed by atoms with Crippen molar-refractivity contribution in [3.8, 4) is 11.5 Å². The van der Waals surface area contributed by atoms with Crippen molar-refractivity contribution in [2.24, 2.45) is 0 Å². The third kappa shape index (κ3) is 6.54. The predicted molar refractivity (Wildman–Crippen MR) is 118 cm³/mol. The summed E-state index contributed by atoms with van der Waals surface area (Å²) in [6.07, 6.45) is -0.150. The Morgan fingerprint density at radius 3 is 2.43 bits per heavy atom. The molecule has 0 aliphatic rings. The lowest BCUT2D eigenvalue weighted by Gasteiger charge is -2.23. The highest BCUT2D eigenvalue weighted by molar-refractivity contribution is 6.35. The fourth-order valence-electron chi connectivity index (χ4n) is 2.67. The van der Waals surface area contributed by atoms with Gasteiger partial charge in [0.25, 0.3) is 11.8 Å². The van der Waals surface area contributed by atoms with E-state index in [0.29, 0.717) is 28.0 Å². The van der Waals surface area contributed by atoms with E-state index >= 15 is 0 Å². The lowest BCUT2D eigenvalue weighted by molar-refractivity contribution is -0.131. The minimum atomic E-state index is -0.777. The topological polar surface area (TPSA) is 67.9 Å². The number of benzene rings is 2. The number of likely N-dealkylation sites (N-methyl/N-ethyl adjacent to an activating group) is 1. The molecule has 2 aromatic rings. The number of amides is 2. The van der Waals surface area contributed by atoms with Gasteiger partial charge in [-0.2, -0.15) is 0 Å². The number of hydrogen-bond acceptors (Lipinski definition) is 4. The van der Waals surface area contributed by atoms with Crippen LogP contribution in [0.5, 0.6) is 11.5 Å². The van der Waals surface area contributed by atoms with Crippen molar-refractivity contribution in [1.82, 2.24) is 10.2 Å². The van der Waals surface area contributed by atoms with Crippen LogP contribution in [-0.4, -0.2) is 43.5 Å². The molecule has 0 bridgehead atoms. The molecule has 0 fully saturated rings. The largest absolute Gasteiger partial charge is 0.483 e. The molecule has 2 amide bonds. The summed E-state index contributed by atoms with van der Waals surface area (Å²) < 4.78 is 11.4. The van der Waals surface area contributed by atoms with Gasteiger partial charge in [0.05, 0.1) is 11.1 Å². The molecule has 162 valence electrons. The Morgan fingerprint density at radius 1 is 1.10 bits per heavy atom. The van der Waals surface area contributed by atoms with Crippen LogP contribution in [0.3, 0.4) is 0 Å². The average Bonchev–Trinajstić information content (AvgIpc) is 2.72. The van der Waals surface area contributed by atoms with Crippen molar-refractivity contribution in [3.63, 3.8) is 0 Å². The van der Waals surface area contributed by atoms with E-state index < -0.39 is 6.10 Å². The van der Waals surface area contributed by atoms with E-state index in [2.05, 4.69) is 5.32 Å². The molecule has 0 spiro atoms. The molecule has 2 unspecified atom stereocenters. The molecular formula is C22H26Cl2N2O4. The van der Waals surface area contributed by atoms with Gasteiger partial charge in [0.2, 0.25) is 0 Å². The maximum Gasteiger partial charge on any atom is 0.261 e. The quantitative estimate of drug-likeness (QED) is 0.608. The highest BCUT2D eigenvalue weighted by atomic mass is 35.5. The predicted octanol–water partition coefficient (Wildman–Crippen LogP) is 4.50. The third-order valence-corrected chi connectivity index (χ3v) is 4.97. The minimum absolute atomic E-state index is 0.0804. The highest BCUT2D eigenvalue weighted by Crippen LogP contribution is 2.29. The molecule has 0 saturated heterocycles. The molecule has 1 N–H and O–H groups in total. The number of carbonyl (C=O) groups excluding carboxylic acids is 2. The lowest BCUT2D eigenvalue weighted by atomic mass is 10.0. The molecule has 2 aromatic carbocycles. The first kappa shape index (κ1) is 23.8. The highest BCUT2D eigenvalue weighted by Gasteiger charge is 2.22. The van der Waals surface area contributed by atoms with Gasteiger partial charge in [-0.15, -0.1) is 0 Å². The summed E-state index contributed by atoms with van der Waals surface area (Å²) in [6, 6.07) is 11.8. The summed E-state index contributed by atoms with van der Waals surface area (Å²) in [5.74, 6) is 0.479. The first-order valence-electron chi connectivity index (χ1n) is 9.56. The number of carbonyl (C=O) groups is 2. The van der Waals surface area contributed by atoms with Crippen LogP contribution in [0.25, 0.3) is 0 Å². The molecule has 0 saturated carbocycles. The van der Waals surface area contributed by atoms with Gasteiger partial charge in [-0.25, -0.2) is 0 Å². The van der Waals surface area contributed by atoms with Crippen molar-refractivity contribution >= 4 is 35.0 Å². The number of rotatable bonds is 9. The zero-order chi connectivity index (χ0) is 22.3. The molecule has 0 heterocycles. The second-order valence-corrected chi connectivity index (χ2v) is 7.76. The Balaban J connectivity index is 2.08. The molecule has 0 aromatic heterocycles. The number of hydrogen-bond donors (Lipinski definition) is 1. The van der Waals surface area contributed by atoms with E-state index in [0.717, 1.165) is 5.56 Å².